The van der Waals surface area contributed by atoms with E-state index >= 15 is 0 Å². The summed E-state index contributed by atoms with van der Waals surface area (Å²) in [4.78, 5) is 14.1. The normalized spacial score (nSPS) is 13.4. The third kappa shape index (κ3) is 4.67. The highest BCUT2D eigenvalue weighted by atomic mass is 16.5. The van der Waals surface area contributed by atoms with Crippen LogP contribution in [-0.4, -0.2) is 34.6 Å². The zero-order chi connectivity index (χ0) is 19.4. The minimum Gasteiger partial charge on any atom is -0.506 e. The fraction of sp³-hybridized carbons (Fsp3) is 0.286. The van der Waals surface area contributed by atoms with Gasteiger partial charge < -0.3 is 19.9 Å². The molecule has 0 aliphatic rings. The summed E-state index contributed by atoms with van der Waals surface area (Å²) in [5.41, 5.74) is 2.10. The second-order valence-electron chi connectivity index (χ2n) is 6.69. The Labute approximate surface area is 157 Å². The van der Waals surface area contributed by atoms with Crippen LogP contribution in [0.5, 0.6) is 11.5 Å². The van der Waals surface area contributed by atoms with Crippen molar-refractivity contribution in [2.45, 2.75) is 32.0 Å². The molecule has 2 aromatic carbocycles. The van der Waals surface area contributed by atoms with E-state index in [9.17, 15) is 15.0 Å². The molecule has 0 spiro atoms. The molecule has 4 N–H and O–H groups in total. The Morgan fingerprint density at radius 1 is 1.07 bits per heavy atom. The van der Waals surface area contributed by atoms with Crippen molar-refractivity contribution in [3.05, 3.63) is 70.0 Å². The smallest absolute Gasteiger partial charge is 0.248 e. The van der Waals surface area contributed by atoms with Gasteiger partial charge in [-0.3, -0.25) is 10.1 Å². The fourth-order valence-corrected chi connectivity index (χ4v) is 3.24. The Hall–Kier alpha value is -2.83. The number of H-pyrrole nitrogens is 1. The van der Waals surface area contributed by atoms with E-state index in [1.54, 1.807) is 19.2 Å². The third-order valence-corrected chi connectivity index (χ3v) is 4.55. The summed E-state index contributed by atoms with van der Waals surface area (Å²) in [6.07, 6.45) is 0.374. The zero-order valence-corrected chi connectivity index (χ0v) is 15.4. The lowest BCUT2D eigenvalue weighted by atomic mass is 10.0. The monoisotopic (exact) mass is 368 g/mol. The van der Waals surface area contributed by atoms with E-state index in [1.165, 1.54) is 12.1 Å². The number of aromatic nitrogens is 1. The molecule has 0 bridgehead atoms. The molecule has 3 aromatic rings. The SMILES string of the molecule is COc1ccc(C[C@@H](C)NC(O)Cc2ccc(O)c3[nH]c(=O)ccc23)cc1. The first kappa shape index (κ1) is 18.9. The molecular weight excluding hydrogens is 344 g/mol. The standard InChI is InChI=1S/C21H24N2O4/c1-13(11-14-3-6-16(27-2)7-4-14)22-20(26)12-15-5-9-18(24)21-17(15)8-10-19(25)23-21/h3-10,13,20,22,24,26H,11-12H2,1-2H3,(H,23,25)/t13-,20?/m1/s1. The maximum absolute atomic E-state index is 11.5. The number of rotatable bonds is 7. The van der Waals surface area contributed by atoms with Gasteiger partial charge in [-0.05, 0) is 48.7 Å². The number of phenolic OH excluding ortho intramolecular Hbond substituents is 1. The van der Waals surface area contributed by atoms with Gasteiger partial charge in [-0.1, -0.05) is 18.2 Å². The van der Waals surface area contributed by atoms with E-state index < -0.39 is 6.23 Å². The molecule has 6 nitrogen and oxygen atoms in total. The molecule has 142 valence electrons. The van der Waals surface area contributed by atoms with Crippen molar-refractivity contribution < 1.29 is 14.9 Å². The minimum atomic E-state index is -0.752. The summed E-state index contributed by atoms with van der Waals surface area (Å²) >= 11 is 0. The second kappa shape index (κ2) is 8.24. The fourth-order valence-electron chi connectivity index (χ4n) is 3.24. The van der Waals surface area contributed by atoms with E-state index in [0.29, 0.717) is 11.9 Å². The number of methoxy groups -OCH3 is 1. The average molecular weight is 368 g/mol. The van der Waals surface area contributed by atoms with Crippen LogP contribution in [0.1, 0.15) is 18.1 Å². The number of hydrogen-bond donors (Lipinski definition) is 4. The Kier molecular flexibility index (Phi) is 5.78. The molecule has 1 aromatic heterocycles. The van der Waals surface area contributed by atoms with Crippen LogP contribution in [-0.2, 0) is 12.8 Å². The minimum absolute atomic E-state index is 0.0155. The van der Waals surface area contributed by atoms with E-state index in [-0.39, 0.29) is 17.4 Å². The van der Waals surface area contributed by atoms with Crippen LogP contribution in [0.25, 0.3) is 10.9 Å². The van der Waals surface area contributed by atoms with Crippen LogP contribution in [0.15, 0.2) is 53.3 Å². The summed E-state index contributed by atoms with van der Waals surface area (Å²) in [6, 6.07) is 14.3. The van der Waals surface area contributed by atoms with Crippen LogP contribution in [0.4, 0.5) is 0 Å². The van der Waals surface area contributed by atoms with Gasteiger partial charge >= 0.3 is 0 Å². The Balaban J connectivity index is 1.66. The first-order valence-corrected chi connectivity index (χ1v) is 8.87. The number of aromatic hydroxyl groups is 1. The van der Waals surface area contributed by atoms with Gasteiger partial charge in [0.25, 0.3) is 0 Å². The average Bonchev–Trinajstić information content (AvgIpc) is 2.64. The number of nitrogens with one attached hydrogen (secondary N) is 2. The predicted molar refractivity (Wildman–Crippen MR) is 105 cm³/mol. The molecule has 27 heavy (non-hydrogen) atoms. The Morgan fingerprint density at radius 3 is 2.52 bits per heavy atom. The topological polar surface area (TPSA) is 94.6 Å². The largest absolute Gasteiger partial charge is 0.506 e. The van der Waals surface area contributed by atoms with Gasteiger partial charge in [-0.15, -0.1) is 0 Å². The van der Waals surface area contributed by atoms with Gasteiger partial charge in [0.15, 0.2) is 0 Å². The van der Waals surface area contributed by atoms with Gasteiger partial charge in [0.1, 0.15) is 17.7 Å². The molecule has 1 heterocycles. The van der Waals surface area contributed by atoms with E-state index in [0.717, 1.165) is 28.7 Å². The van der Waals surface area contributed by atoms with E-state index in [4.69, 9.17) is 4.74 Å². The van der Waals surface area contributed by atoms with Crippen molar-refractivity contribution in [2.24, 2.45) is 0 Å². The first-order chi connectivity index (χ1) is 13.0. The number of aromatic amines is 1. The lowest BCUT2D eigenvalue weighted by Gasteiger charge is -2.20. The number of pyridine rings is 1. The maximum atomic E-state index is 11.5. The van der Waals surface area contributed by atoms with Crippen LogP contribution in [0.3, 0.4) is 0 Å². The molecule has 2 atom stereocenters. The van der Waals surface area contributed by atoms with Gasteiger partial charge in [-0.2, -0.15) is 0 Å². The quantitative estimate of drug-likeness (QED) is 0.480. The molecule has 6 heteroatoms. The van der Waals surface area contributed by atoms with Crippen LogP contribution in [0.2, 0.25) is 0 Å². The van der Waals surface area contributed by atoms with E-state index in [1.807, 2.05) is 31.2 Å². The van der Waals surface area contributed by atoms with Crippen LogP contribution < -0.4 is 15.6 Å². The first-order valence-electron chi connectivity index (χ1n) is 8.87. The second-order valence-corrected chi connectivity index (χ2v) is 6.69. The summed E-state index contributed by atoms with van der Waals surface area (Å²) in [7, 11) is 1.64. The predicted octanol–water partition coefficient (Wildman–Crippen LogP) is 2.32. The molecule has 1 unspecified atom stereocenters. The number of ether oxygens (including phenoxy) is 1. The van der Waals surface area contributed by atoms with Crippen molar-refractivity contribution in [3.8, 4) is 11.5 Å². The van der Waals surface area contributed by atoms with E-state index in [2.05, 4.69) is 10.3 Å². The van der Waals surface area contributed by atoms with Crippen LogP contribution >= 0.6 is 0 Å². The number of aliphatic hydroxyl groups is 1. The van der Waals surface area contributed by atoms with Crippen molar-refractivity contribution in [2.75, 3.05) is 7.11 Å². The van der Waals surface area contributed by atoms with Crippen molar-refractivity contribution >= 4 is 10.9 Å². The van der Waals surface area contributed by atoms with Crippen molar-refractivity contribution in [1.82, 2.24) is 10.3 Å². The van der Waals surface area contributed by atoms with Gasteiger partial charge in [0.05, 0.1) is 12.6 Å². The molecule has 3 rings (SSSR count). The summed E-state index contributed by atoms with van der Waals surface area (Å²) in [5, 5.41) is 24.3. The number of phenols is 1. The van der Waals surface area contributed by atoms with Crippen molar-refractivity contribution in [1.29, 1.82) is 0 Å². The molecule has 0 saturated heterocycles. The lowest BCUT2D eigenvalue weighted by Crippen LogP contribution is -2.39. The number of benzene rings is 2. The Bertz CT molecular complexity index is 966. The third-order valence-electron chi connectivity index (χ3n) is 4.55. The number of fused-ring (bicyclic) bond motifs is 1. The van der Waals surface area contributed by atoms with Gasteiger partial charge in [-0.25, -0.2) is 0 Å². The number of aliphatic hydroxyl groups excluding tert-OH is 1. The van der Waals surface area contributed by atoms with Gasteiger partial charge in [0, 0.05) is 23.9 Å². The molecule has 0 aliphatic carbocycles. The highest BCUT2D eigenvalue weighted by Gasteiger charge is 2.13. The molecule has 0 amide bonds. The molecule has 0 radical (unpaired) electrons. The number of hydrogen-bond acceptors (Lipinski definition) is 5. The maximum Gasteiger partial charge on any atom is 0.248 e. The highest BCUT2D eigenvalue weighted by Crippen LogP contribution is 2.25. The summed E-state index contributed by atoms with van der Waals surface area (Å²) < 4.78 is 5.16. The molecular formula is C21H24N2O4. The van der Waals surface area contributed by atoms with Crippen molar-refractivity contribution in [3.63, 3.8) is 0 Å². The molecule has 0 fully saturated rings. The summed E-state index contributed by atoms with van der Waals surface area (Å²) in [5.74, 6) is 0.832. The highest BCUT2D eigenvalue weighted by molar-refractivity contribution is 5.87. The summed E-state index contributed by atoms with van der Waals surface area (Å²) in [6.45, 7) is 2.01. The zero-order valence-electron chi connectivity index (χ0n) is 15.4. The molecule has 0 saturated carbocycles. The molecule has 0 aliphatic heterocycles. The lowest BCUT2D eigenvalue weighted by molar-refractivity contribution is 0.125. The Morgan fingerprint density at radius 2 is 1.81 bits per heavy atom. The van der Waals surface area contributed by atoms with Crippen LogP contribution in [0, 0.1) is 0 Å². The van der Waals surface area contributed by atoms with Gasteiger partial charge in [0.2, 0.25) is 5.56 Å².